The maximum absolute atomic E-state index is 11.8. The molecule has 1 amide bonds. The second-order valence-electron chi connectivity index (χ2n) is 5.60. The number of para-hydroxylation sites is 1. The number of carboxylic acid groups (broad SMARTS) is 1. The SMILES string of the molecule is Cc1[nH]c2ccccc2c1CCNC(=O)[C@H]1C[C@H]1C(=O)O. The minimum absolute atomic E-state index is 0.139. The van der Waals surface area contributed by atoms with Crippen LogP contribution in [0.15, 0.2) is 24.3 Å². The van der Waals surface area contributed by atoms with Crippen LogP contribution in [0.5, 0.6) is 0 Å². The van der Waals surface area contributed by atoms with Gasteiger partial charge in [0.15, 0.2) is 0 Å². The lowest BCUT2D eigenvalue weighted by Gasteiger charge is -2.05. The van der Waals surface area contributed by atoms with E-state index < -0.39 is 11.9 Å². The van der Waals surface area contributed by atoms with Crippen molar-refractivity contribution in [2.75, 3.05) is 6.54 Å². The number of hydrogen-bond acceptors (Lipinski definition) is 2. The van der Waals surface area contributed by atoms with E-state index in [4.69, 9.17) is 5.11 Å². The van der Waals surface area contributed by atoms with Gasteiger partial charge in [0.1, 0.15) is 0 Å². The topological polar surface area (TPSA) is 82.2 Å². The van der Waals surface area contributed by atoms with Crippen molar-refractivity contribution in [1.82, 2.24) is 10.3 Å². The molecule has 1 aliphatic rings. The molecule has 2 atom stereocenters. The van der Waals surface area contributed by atoms with Crippen LogP contribution >= 0.6 is 0 Å². The van der Waals surface area contributed by atoms with Crippen LogP contribution in [0.2, 0.25) is 0 Å². The fourth-order valence-corrected chi connectivity index (χ4v) is 2.86. The highest BCUT2D eigenvalue weighted by atomic mass is 16.4. The number of H-pyrrole nitrogens is 1. The molecule has 2 aromatic rings. The predicted molar refractivity (Wildman–Crippen MR) is 79.0 cm³/mol. The van der Waals surface area contributed by atoms with Gasteiger partial charge in [0.2, 0.25) is 5.91 Å². The van der Waals surface area contributed by atoms with E-state index in [2.05, 4.69) is 16.4 Å². The molecule has 3 N–H and O–H groups in total. The number of aliphatic carboxylic acids is 1. The Morgan fingerprint density at radius 2 is 2.10 bits per heavy atom. The number of carboxylic acids is 1. The Labute approximate surface area is 122 Å². The molecule has 0 radical (unpaired) electrons. The molecule has 3 rings (SSSR count). The molecule has 0 unspecified atom stereocenters. The van der Waals surface area contributed by atoms with Crippen molar-refractivity contribution >= 4 is 22.8 Å². The standard InChI is InChI=1S/C16H18N2O3/c1-9-10(11-4-2-3-5-14(11)18-9)6-7-17-15(19)12-8-13(12)16(20)21/h2-5,12-13,18H,6-8H2,1H3,(H,17,19)(H,20,21)/t12-,13+/m0/s1. The van der Waals surface area contributed by atoms with Crippen molar-refractivity contribution in [3.63, 3.8) is 0 Å². The highest BCUT2D eigenvalue weighted by Crippen LogP contribution is 2.38. The summed E-state index contributed by atoms with van der Waals surface area (Å²) >= 11 is 0. The summed E-state index contributed by atoms with van der Waals surface area (Å²) in [7, 11) is 0. The summed E-state index contributed by atoms with van der Waals surface area (Å²) in [6.45, 7) is 2.56. The summed E-state index contributed by atoms with van der Waals surface area (Å²) in [4.78, 5) is 25.9. The molecule has 1 aromatic carbocycles. The Balaban J connectivity index is 1.59. The highest BCUT2D eigenvalue weighted by Gasteiger charge is 2.48. The zero-order valence-electron chi connectivity index (χ0n) is 11.8. The number of rotatable bonds is 5. The normalized spacial score (nSPS) is 20.4. The van der Waals surface area contributed by atoms with Crippen LogP contribution in [0.25, 0.3) is 10.9 Å². The minimum atomic E-state index is -0.873. The summed E-state index contributed by atoms with van der Waals surface area (Å²) in [5.74, 6) is -1.84. The average molecular weight is 286 g/mol. The van der Waals surface area contributed by atoms with E-state index in [0.717, 1.165) is 17.6 Å². The van der Waals surface area contributed by atoms with E-state index in [0.29, 0.717) is 13.0 Å². The smallest absolute Gasteiger partial charge is 0.307 e. The van der Waals surface area contributed by atoms with E-state index in [-0.39, 0.29) is 11.8 Å². The molecule has 1 heterocycles. The van der Waals surface area contributed by atoms with Gasteiger partial charge in [0.25, 0.3) is 0 Å². The van der Waals surface area contributed by atoms with Crippen molar-refractivity contribution in [3.8, 4) is 0 Å². The number of aromatic amines is 1. The number of fused-ring (bicyclic) bond motifs is 1. The Kier molecular flexibility index (Phi) is 3.41. The number of benzene rings is 1. The van der Waals surface area contributed by atoms with Gasteiger partial charge in [-0.25, -0.2) is 0 Å². The molecule has 1 aromatic heterocycles. The van der Waals surface area contributed by atoms with Gasteiger partial charge < -0.3 is 15.4 Å². The number of aromatic nitrogens is 1. The molecule has 1 aliphatic carbocycles. The van der Waals surface area contributed by atoms with Gasteiger partial charge in [-0.15, -0.1) is 0 Å². The number of aryl methyl sites for hydroxylation is 1. The third-order valence-corrected chi connectivity index (χ3v) is 4.15. The quantitative estimate of drug-likeness (QED) is 0.784. The molecular weight excluding hydrogens is 268 g/mol. The van der Waals surface area contributed by atoms with Crippen LogP contribution in [-0.4, -0.2) is 28.5 Å². The first kappa shape index (κ1) is 13.7. The van der Waals surface area contributed by atoms with Crippen molar-refractivity contribution in [1.29, 1.82) is 0 Å². The molecule has 110 valence electrons. The second kappa shape index (κ2) is 5.24. The molecule has 5 nitrogen and oxygen atoms in total. The lowest BCUT2D eigenvalue weighted by Crippen LogP contribution is -2.28. The fourth-order valence-electron chi connectivity index (χ4n) is 2.86. The van der Waals surface area contributed by atoms with Gasteiger partial charge in [-0.2, -0.15) is 0 Å². The largest absolute Gasteiger partial charge is 0.481 e. The average Bonchev–Trinajstić information content (AvgIpc) is 3.19. The van der Waals surface area contributed by atoms with Crippen molar-refractivity contribution in [2.45, 2.75) is 19.8 Å². The van der Waals surface area contributed by atoms with Gasteiger partial charge in [0, 0.05) is 23.1 Å². The number of carbonyl (C=O) groups excluding carboxylic acids is 1. The minimum Gasteiger partial charge on any atom is -0.481 e. The number of carbonyl (C=O) groups is 2. The maximum Gasteiger partial charge on any atom is 0.307 e. The molecule has 5 heteroatoms. The molecule has 21 heavy (non-hydrogen) atoms. The zero-order chi connectivity index (χ0) is 15.0. The molecule has 1 fully saturated rings. The van der Waals surface area contributed by atoms with Crippen LogP contribution in [0.4, 0.5) is 0 Å². The fraction of sp³-hybridized carbons (Fsp3) is 0.375. The summed E-state index contributed by atoms with van der Waals surface area (Å²) < 4.78 is 0. The monoisotopic (exact) mass is 286 g/mol. The zero-order valence-corrected chi connectivity index (χ0v) is 11.8. The Morgan fingerprint density at radius 3 is 2.81 bits per heavy atom. The molecule has 0 bridgehead atoms. The van der Waals surface area contributed by atoms with E-state index >= 15 is 0 Å². The lowest BCUT2D eigenvalue weighted by molar-refractivity contribution is -0.140. The maximum atomic E-state index is 11.8. The third-order valence-electron chi connectivity index (χ3n) is 4.15. The van der Waals surface area contributed by atoms with E-state index in [9.17, 15) is 9.59 Å². The first-order chi connectivity index (χ1) is 10.1. The molecule has 1 saturated carbocycles. The molecule has 0 saturated heterocycles. The predicted octanol–water partition coefficient (Wildman–Crippen LogP) is 1.86. The van der Waals surface area contributed by atoms with Gasteiger partial charge in [0.05, 0.1) is 11.8 Å². The lowest BCUT2D eigenvalue weighted by atomic mass is 10.1. The second-order valence-corrected chi connectivity index (χ2v) is 5.60. The Hall–Kier alpha value is -2.30. The van der Waals surface area contributed by atoms with Crippen molar-refractivity contribution in [3.05, 3.63) is 35.5 Å². The highest BCUT2D eigenvalue weighted by molar-refractivity contribution is 5.89. The summed E-state index contributed by atoms with van der Waals surface area (Å²) in [5.41, 5.74) is 3.42. The molecule has 0 aliphatic heterocycles. The van der Waals surface area contributed by atoms with Gasteiger partial charge in [-0.05, 0) is 31.4 Å². The Bertz CT molecular complexity index is 705. The number of nitrogens with one attached hydrogen (secondary N) is 2. The Morgan fingerprint density at radius 1 is 1.33 bits per heavy atom. The summed E-state index contributed by atoms with van der Waals surface area (Å²) in [6, 6.07) is 8.09. The molecule has 0 spiro atoms. The first-order valence-electron chi connectivity index (χ1n) is 7.14. The van der Waals surface area contributed by atoms with Crippen molar-refractivity contribution in [2.24, 2.45) is 11.8 Å². The van der Waals surface area contributed by atoms with Gasteiger partial charge in [-0.1, -0.05) is 18.2 Å². The van der Waals surface area contributed by atoms with Gasteiger partial charge in [-0.3, -0.25) is 9.59 Å². The summed E-state index contributed by atoms with van der Waals surface area (Å²) in [6.07, 6.45) is 1.21. The van der Waals surface area contributed by atoms with Crippen molar-refractivity contribution < 1.29 is 14.7 Å². The third kappa shape index (κ3) is 2.63. The van der Waals surface area contributed by atoms with Crippen LogP contribution in [0.1, 0.15) is 17.7 Å². The van der Waals surface area contributed by atoms with Crippen LogP contribution in [-0.2, 0) is 16.0 Å². The van der Waals surface area contributed by atoms with Crippen LogP contribution < -0.4 is 5.32 Å². The van der Waals surface area contributed by atoms with E-state index in [1.165, 1.54) is 10.9 Å². The first-order valence-corrected chi connectivity index (χ1v) is 7.14. The van der Waals surface area contributed by atoms with Crippen LogP contribution in [0.3, 0.4) is 0 Å². The number of amides is 1. The van der Waals surface area contributed by atoms with Gasteiger partial charge >= 0.3 is 5.97 Å². The number of hydrogen-bond donors (Lipinski definition) is 3. The van der Waals surface area contributed by atoms with E-state index in [1.807, 2.05) is 25.1 Å². The summed E-state index contributed by atoms with van der Waals surface area (Å²) in [5, 5.41) is 12.8. The van der Waals surface area contributed by atoms with Crippen LogP contribution in [0, 0.1) is 18.8 Å². The van der Waals surface area contributed by atoms with E-state index in [1.54, 1.807) is 0 Å². The molecular formula is C16H18N2O3.